The van der Waals surface area contributed by atoms with E-state index in [0.29, 0.717) is 30.3 Å². The molecule has 3 aromatic rings. The maximum Gasteiger partial charge on any atom is 0.221 e. The van der Waals surface area contributed by atoms with Gasteiger partial charge in [-0.25, -0.2) is 0 Å². The van der Waals surface area contributed by atoms with Crippen molar-refractivity contribution in [2.75, 3.05) is 25.5 Å². The molecule has 3 N–H and O–H groups in total. The van der Waals surface area contributed by atoms with Crippen LogP contribution in [0.5, 0.6) is 5.75 Å². The number of carbonyl (C=O) groups is 1. The number of carbonyl (C=O) groups excluding carboxylic acids is 1. The molecule has 0 atom stereocenters. The predicted octanol–water partition coefficient (Wildman–Crippen LogP) is 3.99. The van der Waals surface area contributed by atoms with Crippen LogP contribution in [-0.2, 0) is 11.2 Å². The lowest BCUT2D eigenvalue weighted by Gasteiger charge is -2.09. The minimum Gasteiger partial charge on any atom is -0.495 e. The highest BCUT2D eigenvalue weighted by atomic mass is 35.5. The number of hydrogen-bond donors (Lipinski definition) is 3. The Morgan fingerprint density at radius 1 is 1.19 bits per heavy atom. The molecule has 2 aromatic carbocycles. The Labute approximate surface area is 157 Å². The van der Waals surface area contributed by atoms with Crippen LogP contribution in [0, 0.1) is 0 Å². The second-order valence-corrected chi connectivity index (χ2v) is 6.39. The summed E-state index contributed by atoms with van der Waals surface area (Å²) in [5, 5.41) is 7.90. The minimum atomic E-state index is 0.0250. The molecule has 26 heavy (non-hydrogen) atoms. The number of fused-ring (bicyclic) bond motifs is 1. The Kier molecular flexibility index (Phi) is 6.02. The molecule has 1 heterocycles. The molecule has 5 nitrogen and oxygen atoms in total. The molecule has 0 aliphatic heterocycles. The number of aromatic nitrogens is 1. The van der Waals surface area contributed by atoms with Crippen molar-refractivity contribution in [3.05, 3.63) is 59.2 Å². The van der Waals surface area contributed by atoms with Crippen LogP contribution in [-0.4, -0.2) is 31.1 Å². The third-order valence-corrected chi connectivity index (χ3v) is 4.52. The Bertz CT molecular complexity index is 892. The first-order valence-corrected chi connectivity index (χ1v) is 8.94. The Balaban J connectivity index is 1.40. The van der Waals surface area contributed by atoms with Gasteiger partial charge in [0.25, 0.3) is 0 Å². The molecule has 0 aliphatic rings. The number of aromatic amines is 1. The van der Waals surface area contributed by atoms with Gasteiger partial charge in [-0.05, 0) is 36.2 Å². The highest BCUT2D eigenvalue weighted by molar-refractivity contribution is 6.32. The summed E-state index contributed by atoms with van der Waals surface area (Å²) in [6.45, 7) is 1.16. The van der Waals surface area contributed by atoms with E-state index in [0.717, 1.165) is 17.6 Å². The molecule has 0 saturated carbocycles. The van der Waals surface area contributed by atoms with Crippen molar-refractivity contribution in [1.82, 2.24) is 10.3 Å². The first kappa shape index (κ1) is 18.1. The van der Waals surface area contributed by atoms with Gasteiger partial charge in [0.2, 0.25) is 5.91 Å². The lowest BCUT2D eigenvalue weighted by Crippen LogP contribution is -2.27. The van der Waals surface area contributed by atoms with Gasteiger partial charge in [0.1, 0.15) is 5.75 Å². The number of H-pyrrole nitrogens is 1. The molecule has 136 valence electrons. The number of rotatable bonds is 8. The largest absolute Gasteiger partial charge is 0.495 e. The van der Waals surface area contributed by atoms with E-state index in [9.17, 15) is 4.79 Å². The fourth-order valence-corrected chi connectivity index (χ4v) is 3.12. The predicted molar refractivity (Wildman–Crippen MR) is 106 cm³/mol. The zero-order chi connectivity index (χ0) is 18.4. The summed E-state index contributed by atoms with van der Waals surface area (Å²) in [5.74, 6) is 0.657. The van der Waals surface area contributed by atoms with Gasteiger partial charge in [-0.15, -0.1) is 0 Å². The van der Waals surface area contributed by atoms with Crippen LogP contribution >= 0.6 is 11.6 Å². The number of anilines is 1. The van der Waals surface area contributed by atoms with Crippen molar-refractivity contribution in [3.63, 3.8) is 0 Å². The van der Waals surface area contributed by atoms with Gasteiger partial charge in [0.15, 0.2) is 0 Å². The third-order valence-electron chi connectivity index (χ3n) is 4.22. The van der Waals surface area contributed by atoms with Crippen molar-refractivity contribution in [2.24, 2.45) is 0 Å². The van der Waals surface area contributed by atoms with E-state index in [2.05, 4.69) is 27.8 Å². The molecule has 1 amide bonds. The molecule has 0 spiro atoms. The Morgan fingerprint density at radius 3 is 2.85 bits per heavy atom. The molecule has 0 fully saturated rings. The average Bonchev–Trinajstić information content (AvgIpc) is 3.05. The first-order chi connectivity index (χ1) is 12.7. The van der Waals surface area contributed by atoms with E-state index >= 15 is 0 Å². The van der Waals surface area contributed by atoms with Crippen LogP contribution < -0.4 is 15.4 Å². The topological polar surface area (TPSA) is 66.2 Å². The standard InChI is InChI=1S/C20H22ClN3O2/c1-26-19-7-6-15(12-17(19)21)22-11-9-20(25)23-10-8-14-13-24-18-5-3-2-4-16(14)18/h2-7,12-13,22,24H,8-11H2,1H3,(H,23,25). The third kappa shape index (κ3) is 4.49. The van der Waals surface area contributed by atoms with Crippen LogP contribution in [0.25, 0.3) is 10.9 Å². The van der Waals surface area contributed by atoms with Crippen molar-refractivity contribution in [2.45, 2.75) is 12.8 Å². The summed E-state index contributed by atoms with van der Waals surface area (Å²) in [6, 6.07) is 13.6. The highest BCUT2D eigenvalue weighted by Crippen LogP contribution is 2.27. The molecular formula is C20H22ClN3O2. The molecule has 1 aromatic heterocycles. The van der Waals surface area contributed by atoms with Crippen LogP contribution in [0.2, 0.25) is 5.02 Å². The Hall–Kier alpha value is -2.66. The SMILES string of the molecule is COc1ccc(NCCC(=O)NCCc2c[nH]c3ccccc23)cc1Cl. The summed E-state index contributed by atoms with van der Waals surface area (Å²) in [4.78, 5) is 15.2. The molecule has 0 bridgehead atoms. The molecule has 0 unspecified atom stereocenters. The number of nitrogens with one attached hydrogen (secondary N) is 3. The number of benzene rings is 2. The molecule has 0 radical (unpaired) electrons. The molecular weight excluding hydrogens is 350 g/mol. The second kappa shape index (κ2) is 8.63. The monoisotopic (exact) mass is 371 g/mol. The van der Waals surface area contributed by atoms with Crippen LogP contribution in [0.1, 0.15) is 12.0 Å². The van der Waals surface area contributed by atoms with Crippen LogP contribution in [0.4, 0.5) is 5.69 Å². The smallest absolute Gasteiger partial charge is 0.221 e. The number of halogens is 1. The van der Waals surface area contributed by atoms with Gasteiger partial charge in [-0.2, -0.15) is 0 Å². The van der Waals surface area contributed by atoms with Gasteiger partial charge >= 0.3 is 0 Å². The first-order valence-electron chi connectivity index (χ1n) is 8.56. The fourth-order valence-electron chi connectivity index (χ4n) is 2.86. The van der Waals surface area contributed by atoms with E-state index in [4.69, 9.17) is 16.3 Å². The summed E-state index contributed by atoms with van der Waals surface area (Å²) < 4.78 is 5.12. The van der Waals surface area contributed by atoms with Gasteiger partial charge in [0, 0.05) is 42.3 Å². The normalized spacial score (nSPS) is 10.7. The zero-order valence-corrected chi connectivity index (χ0v) is 15.4. The summed E-state index contributed by atoms with van der Waals surface area (Å²) in [7, 11) is 1.58. The average molecular weight is 372 g/mol. The fraction of sp³-hybridized carbons (Fsp3) is 0.250. The van der Waals surface area contributed by atoms with Gasteiger partial charge in [-0.1, -0.05) is 29.8 Å². The van der Waals surface area contributed by atoms with Gasteiger partial charge < -0.3 is 20.4 Å². The quantitative estimate of drug-likeness (QED) is 0.561. The van der Waals surface area contributed by atoms with Crippen molar-refractivity contribution < 1.29 is 9.53 Å². The highest BCUT2D eigenvalue weighted by Gasteiger charge is 2.05. The van der Waals surface area contributed by atoms with E-state index in [-0.39, 0.29) is 5.91 Å². The van der Waals surface area contributed by atoms with Crippen LogP contribution in [0.3, 0.4) is 0 Å². The lowest BCUT2D eigenvalue weighted by molar-refractivity contribution is -0.120. The number of methoxy groups -OCH3 is 1. The summed E-state index contributed by atoms with van der Waals surface area (Å²) >= 11 is 6.08. The molecule has 3 rings (SSSR count). The molecule has 0 aliphatic carbocycles. The van der Waals surface area contributed by atoms with Gasteiger partial charge in [0.05, 0.1) is 12.1 Å². The summed E-state index contributed by atoms with van der Waals surface area (Å²) in [5.41, 5.74) is 3.20. The van der Waals surface area contributed by atoms with Crippen molar-refractivity contribution in [3.8, 4) is 5.75 Å². The number of hydrogen-bond acceptors (Lipinski definition) is 3. The van der Waals surface area contributed by atoms with Gasteiger partial charge in [-0.3, -0.25) is 4.79 Å². The number of para-hydroxylation sites is 1. The van der Waals surface area contributed by atoms with Crippen molar-refractivity contribution in [1.29, 1.82) is 0 Å². The van der Waals surface area contributed by atoms with E-state index in [1.54, 1.807) is 19.2 Å². The molecule has 6 heteroatoms. The van der Waals surface area contributed by atoms with Crippen molar-refractivity contribution >= 4 is 34.1 Å². The summed E-state index contributed by atoms with van der Waals surface area (Å²) in [6.07, 6.45) is 3.21. The zero-order valence-electron chi connectivity index (χ0n) is 14.6. The van der Waals surface area contributed by atoms with E-state index < -0.39 is 0 Å². The number of ether oxygens (including phenoxy) is 1. The maximum atomic E-state index is 12.0. The minimum absolute atomic E-state index is 0.0250. The lowest BCUT2D eigenvalue weighted by atomic mass is 10.1. The van der Waals surface area contributed by atoms with Crippen LogP contribution in [0.15, 0.2) is 48.7 Å². The van der Waals surface area contributed by atoms with E-state index in [1.807, 2.05) is 24.4 Å². The molecule has 0 saturated heterocycles. The number of amides is 1. The maximum absolute atomic E-state index is 12.0. The Morgan fingerprint density at radius 2 is 2.04 bits per heavy atom. The second-order valence-electron chi connectivity index (χ2n) is 5.99. The van der Waals surface area contributed by atoms with E-state index in [1.165, 1.54) is 10.9 Å².